The Morgan fingerprint density at radius 3 is 2.50 bits per heavy atom. The average Bonchev–Trinajstić information content (AvgIpc) is 3.03. The first-order valence-electron chi connectivity index (χ1n) is 7.66. The minimum Gasteiger partial charge on any atom is -0.379 e. The summed E-state index contributed by atoms with van der Waals surface area (Å²) < 4.78 is 33.4. The summed E-state index contributed by atoms with van der Waals surface area (Å²) in [5.41, 5.74) is 2.11. The molecule has 0 atom stereocenters. The lowest BCUT2D eigenvalue weighted by Crippen LogP contribution is -2.36. The van der Waals surface area contributed by atoms with Crippen LogP contribution in [0, 0.1) is 0 Å². The summed E-state index contributed by atoms with van der Waals surface area (Å²) in [7, 11) is -3.54. The number of sulfonamides is 1. The highest BCUT2D eigenvalue weighted by atomic mass is 35.5. The number of hydrogen-bond acceptors (Lipinski definition) is 5. The van der Waals surface area contributed by atoms with Crippen LogP contribution in [0.15, 0.2) is 40.6 Å². The molecule has 0 bridgehead atoms. The maximum atomic E-state index is 12.3. The van der Waals surface area contributed by atoms with Crippen molar-refractivity contribution in [2.45, 2.75) is 17.3 Å². The number of nitrogens with one attached hydrogen (secondary N) is 1. The number of benzene rings is 1. The lowest BCUT2D eigenvalue weighted by atomic mass is 10.1. The fraction of sp³-hybridized carbons (Fsp3) is 0.375. The van der Waals surface area contributed by atoms with E-state index in [4.69, 9.17) is 16.3 Å². The van der Waals surface area contributed by atoms with E-state index in [0.29, 0.717) is 4.34 Å². The van der Waals surface area contributed by atoms with Gasteiger partial charge in [0.2, 0.25) is 10.0 Å². The summed E-state index contributed by atoms with van der Waals surface area (Å²) in [6.45, 7) is 4.34. The molecule has 1 aliphatic rings. The van der Waals surface area contributed by atoms with Gasteiger partial charge in [-0.3, -0.25) is 4.90 Å². The highest BCUT2D eigenvalue weighted by molar-refractivity contribution is 7.91. The minimum absolute atomic E-state index is 0.234. The quantitative estimate of drug-likeness (QED) is 0.829. The molecule has 5 nitrogen and oxygen atoms in total. The molecule has 2 aromatic rings. The number of morpholine rings is 1. The molecule has 1 N–H and O–H groups in total. The van der Waals surface area contributed by atoms with E-state index in [1.165, 1.54) is 6.07 Å². The lowest BCUT2D eigenvalue weighted by molar-refractivity contribution is 0.0341. The summed E-state index contributed by atoms with van der Waals surface area (Å²) in [6, 6.07) is 11.0. The van der Waals surface area contributed by atoms with E-state index < -0.39 is 10.0 Å². The standard InChI is InChI=1S/C16H19ClN2O3S2/c17-15-5-6-16(23-15)24(20,21)18-11-13-3-1-2-4-14(13)12-19-7-9-22-10-8-19/h1-6,18H,7-12H2. The number of nitrogens with zero attached hydrogens (tertiary/aromatic N) is 1. The third kappa shape index (κ3) is 4.56. The zero-order valence-electron chi connectivity index (χ0n) is 13.1. The van der Waals surface area contributed by atoms with E-state index in [9.17, 15) is 8.42 Å². The molecule has 0 radical (unpaired) electrons. The van der Waals surface area contributed by atoms with Crippen molar-refractivity contribution < 1.29 is 13.2 Å². The predicted molar refractivity (Wildman–Crippen MR) is 95.9 cm³/mol. The normalized spacial score (nSPS) is 16.4. The van der Waals surface area contributed by atoms with Gasteiger partial charge in [-0.25, -0.2) is 13.1 Å². The van der Waals surface area contributed by atoms with Crippen LogP contribution in [0.4, 0.5) is 0 Å². The SMILES string of the molecule is O=S(=O)(NCc1ccccc1CN1CCOCC1)c1ccc(Cl)s1. The van der Waals surface area contributed by atoms with Gasteiger partial charge in [-0.2, -0.15) is 0 Å². The largest absolute Gasteiger partial charge is 0.379 e. The van der Waals surface area contributed by atoms with Crippen molar-refractivity contribution in [2.75, 3.05) is 26.3 Å². The summed E-state index contributed by atoms with van der Waals surface area (Å²) in [5, 5.41) is 0. The smallest absolute Gasteiger partial charge is 0.250 e. The molecule has 2 heterocycles. The highest BCUT2D eigenvalue weighted by Gasteiger charge is 2.18. The summed E-state index contributed by atoms with van der Waals surface area (Å²) in [4.78, 5) is 2.32. The van der Waals surface area contributed by atoms with Gasteiger partial charge in [0.05, 0.1) is 17.6 Å². The van der Waals surface area contributed by atoms with Gasteiger partial charge in [0.15, 0.2) is 0 Å². The van der Waals surface area contributed by atoms with Crippen molar-refractivity contribution in [1.29, 1.82) is 0 Å². The molecular weight excluding hydrogens is 368 g/mol. The molecule has 0 amide bonds. The Balaban J connectivity index is 1.68. The van der Waals surface area contributed by atoms with Gasteiger partial charge in [-0.15, -0.1) is 11.3 Å². The second-order valence-corrected chi connectivity index (χ2v) is 9.25. The number of hydrogen-bond donors (Lipinski definition) is 1. The van der Waals surface area contributed by atoms with Gasteiger partial charge in [-0.1, -0.05) is 35.9 Å². The third-order valence-electron chi connectivity index (χ3n) is 3.88. The van der Waals surface area contributed by atoms with E-state index in [1.54, 1.807) is 6.07 Å². The molecule has 130 valence electrons. The molecule has 8 heteroatoms. The van der Waals surface area contributed by atoms with Crippen LogP contribution in [0.1, 0.15) is 11.1 Å². The van der Waals surface area contributed by atoms with Crippen molar-refractivity contribution in [3.63, 3.8) is 0 Å². The molecule has 1 aromatic carbocycles. The van der Waals surface area contributed by atoms with Gasteiger partial charge >= 0.3 is 0 Å². The maximum absolute atomic E-state index is 12.3. The maximum Gasteiger partial charge on any atom is 0.250 e. The lowest BCUT2D eigenvalue weighted by Gasteiger charge is -2.27. The second kappa shape index (κ2) is 7.95. The van der Waals surface area contributed by atoms with Gasteiger partial charge < -0.3 is 4.74 Å². The molecule has 24 heavy (non-hydrogen) atoms. The van der Waals surface area contributed by atoms with E-state index in [-0.39, 0.29) is 10.8 Å². The molecule has 0 aliphatic carbocycles. The first-order valence-corrected chi connectivity index (χ1v) is 10.3. The number of rotatable bonds is 6. The van der Waals surface area contributed by atoms with Crippen LogP contribution in [0.5, 0.6) is 0 Å². The Bertz CT molecular complexity index is 786. The molecule has 1 aliphatic heterocycles. The molecule has 0 spiro atoms. The Morgan fingerprint density at radius 1 is 1.12 bits per heavy atom. The number of halogens is 1. The van der Waals surface area contributed by atoms with E-state index >= 15 is 0 Å². The fourth-order valence-corrected chi connectivity index (χ4v) is 5.10. The van der Waals surface area contributed by atoms with Crippen LogP contribution in [-0.4, -0.2) is 39.6 Å². The van der Waals surface area contributed by atoms with Gasteiger partial charge in [0.25, 0.3) is 0 Å². The fourth-order valence-electron chi connectivity index (χ4n) is 2.57. The van der Waals surface area contributed by atoms with Crippen molar-refractivity contribution >= 4 is 33.0 Å². The minimum atomic E-state index is -3.54. The van der Waals surface area contributed by atoms with Gasteiger partial charge in [0.1, 0.15) is 4.21 Å². The van der Waals surface area contributed by atoms with Crippen molar-refractivity contribution in [2.24, 2.45) is 0 Å². The van der Waals surface area contributed by atoms with Crippen LogP contribution in [0.2, 0.25) is 4.34 Å². The summed E-state index contributed by atoms with van der Waals surface area (Å²) in [5.74, 6) is 0. The highest BCUT2D eigenvalue weighted by Crippen LogP contribution is 2.25. The first kappa shape index (κ1) is 17.8. The first-order chi connectivity index (χ1) is 11.5. The van der Waals surface area contributed by atoms with E-state index in [2.05, 4.69) is 9.62 Å². The van der Waals surface area contributed by atoms with Crippen LogP contribution in [-0.2, 0) is 27.8 Å². The Morgan fingerprint density at radius 2 is 1.83 bits per heavy atom. The second-order valence-electron chi connectivity index (χ2n) is 5.54. The third-order valence-corrected chi connectivity index (χ3v) is 7.01. The monoisotopic (exact) mass is 386 g/mol. The van der Waals surface area contributed by atoms with Crippen LogP contribution in [0.3, 0.4) is 0 Å². The molecule has 1 saturated heterocycles. The van der Waals surface area contributed by atoms with E-state index in [0.717, 1.165) is 55.3 Å². The molecule has 0 unspecified atom stereocenters. The van der Waals surface area contributed by atoms with Crippen LogP contribution >= 0.6 is 22.9 Å². The summed E-state index contributed by atoms with van der Waals surface area (Å²) in [6.07, 6.45) is 0. The number of ether oxygens (including phenoxy) is 1. The summed E-state index contributed by atoms with van der Waals surface area (Å²) >= 11 is 6.88. The Kier molecular flexibility index (Phi) is 5.91. The van der Waals surface area contributed by atoms with Crippen LogP contribution < -0.4 is 4.72 Å². The van der Waals surface area contributed by atoms with Crippen molar-refractivity contribution in [3.8, 4) is 0 Å². The van der Waals surface area contributed by atoms with Crippen molar-refractivity contribution in [1.82, 2.24) is 9.62 Å². The Hall–Kier alpha value is -0.960. The molecular formula is C16H19ClN2O3S2. The number of thiophene rings is 1. The van der Waals surface area contributed by atoms with Gasteiger partial charge in [0, 0.05) is 26.2 Å². The zero-order valence-corrected chi connectivity index (χ0v) is 15.5. The molecule has 0 saturated carbocycles. The predicted octanol–water partition coefficient (Wildman–Crippen LogP) is 2.71. The van der Waals surface area contributed by atoms with Crippen LogP contribution in [0.25, 0.3) is 0 Å². The average molecular weight is 387 g/mol. The van der Waals surface area contributed by atoms with E-state index in [1.807, 2.05) is 24.3 Å². The Labute approximate surface area is 151 Å². The van der Waals surface area contributed by atoms with Gasteiger partial charge in [-0.05, 0) is 23.3 Å². The molecule has 1 fully saturated rings. The topological polar surface area (TPSA) is 58.6 Å². The zero-order chi connectivity index (χ0) is 17.0. The van der Waals surface area contributed by atoms with Crippen molar-refractivity contribution in [3.05, 3.63) is 51.9 Å². The molecule has 3 rings (SSSR count). The molecule has 1 aromatic heterocycles.